The molecule has 13 heteroatoms. The van der Waals surface area contributed by atoms with Crippen molar-refractivity contribution < 1.29 is 8.42 Å². The molecular weight excluding hydrogens is 438 g/mol. The molecule has 0 atom stereocenters. The first-order valence-electron chi connectivity index (χ1n) is 9.31. The number of nitrogens with one attached hydrogen (secondary N) is 2. The monoisotopic (exact) mass is 463 g/mol. The van der Waals surface area contributed by atoms with Gasteiger partial charge in [-0.2, -0.15) is 0 Å². The van der Waals surface area contributed by atoms with Crippen molar-refractivity contribution in [3.8, 4) is 11.1 Å². The van der Waals surface area contributed by atoms with Crippen LogP contribution in [0.1, 0.15) is 11.4 Å². The van der Waals surface area contributed by atoms with Crippen LogP contribution in [0.3, 0.4) is 0 Å². The fraction of sp³-hybridized carbons (Fsp3) is 0.222. The normalized spacial score (nSPS) is 12.5. The number of H-pyrrole nitrogens is 1. The average Bonchev–Trinajstić information content (AvgIpc) is 3.14. The molecule has 1 heterocycles. The summed E-state index contributed by atoms with van der Waals surface area (Å²) in [6.45, 7) is 0.793. The van der Waals surface area contributed by atoms with Gasteiger partial charge in [-0.15, -0.1) is 16.9 Å². The molecule has 0 fully saturated rings. The van der Waals surface area contributed by atoms with Crippen LogP contribution in [0.4, 0.5) is 0 Å². The molecule has 0 radical (unpaired) electrons. The summed E-state index contributed by atoms with van der Waals surface area (Å²) in [6.07, 6.45) is 0.568. The van der Waals surface area contributed by atoms with Crippen LogP contribution in [0.25, 0.3) is 22.2 Å². The predicted octanol–water partition coefficient (Wildman–Crippen LogP) is -0.487. The number of hydrogen-bond acceptors (Lipinski definition) is 9. The van der Waals surface area contributed by atoms with Gasteiger partial charge in [-0.25, -0.2) is 29.9 Å². The molecule has 0 amide bonds. The molecule has 12 N–H and O–H groups in total. The van der Waals surface area contributed by atoms with Crippen LogP contribution in [0.2, 0.25) is 0 Å². The number of sulfonamides is 1. The molecule has 166 valence electrons. The van der Waals surface area contributed by atoms with E-state index < -0.39 is 10.0 Å². The molecule has 31 heavy (non-hydrogen) atoms. The van der Waals surface area contributed by atoms with E-state index >= 15 is 0 Å². The van der Waals surface area contributed by atoms with Crippen molar-refractivity contribution in [3.63, 3.8) is 0 Å². The minimum Gasteiger partial charge on any atom is -0.382 e. The number of para-hydroxylation sites is 1. The molecule has 2 aromatic carbocycles. The number of aromatic amines is 1. The molecule has 0 saturated carbocycles. The zero-order chi connectivity index (χ0) is 22.6. The van der Waals surface area contributed by atoms with Gasteiger partial charge >= 0.3 is 0 Å². The predicted molar refractivity (Wildman–Crippen MR) is 123 cm³/mol. The van der Waals surface area contributed by atoms with Gasteiger partial charge in [0.1, 0.15) is 10.7 Å². The number of rotatable bonds is 9. The number of thioether (sulfide) groups is 1. The molecule has 0 unspecified atom stereocenters. The van der Waals surface area contributed by atoms with Gasteiger partial charge in [-0.1, -0.05) is 18.2 Å². The van der Waals surface area contributed by atoms with Crippen LogP contribution in [0.15, 0.2) is 45.2 Å². The lowest BCUT2D eigenvalue weighted by Crippen LogP contribution is -2.27. The van der Waals surface area contributed by atoms with Crippen LogP contribution >= 0.6 is 11.8 Å². The van der Waals surface area contributed by atoms with Gasteiger partial charge in [-0.3, -0.25) is 0 Å². The molecular formula is C18H25N9O2S2. The van der Waals surface area contributed by atoms with E-state index in [-0.39, 0.29) is 16.3 Å². The van der Waals surface area contributed by atoms with Crippen molar-refractivity contribution in [2.75, 3.05) is 18.8 Å². The fourth-order valence-corrected chi connectivity index (χ4v) is 5.40. The number of benzene rings is 2. The Morgan fingerprint density at radius 1 is 1.16 bits per heavy atom. The third-order valence-electron chi connectivity index (χ3n) is 4.46. The third kappa shape index (κ3) is 4.81. The number of imidazole rings is 1. The fourth-order valence-electron chi connectivity index (χ4n) is 3.29. The highest BCUT2D eigenvalue weighted by molar-refractivity contribution is 8.00. The summed E-state index contributed by atoms with van der Waals surface area (Å²) >= 11 is 1.26. The summed E-state index contributed by atoms with van der Waals surface area (Å²) in [4.78, 5) is 8.12. The second-order valence-electron chi connectivity index (χ2n) is 6.55. The number of fused-ring (bicyclic) bond motifs is 1. The van der Waals surface area contributed by atoms with Crippen LogP contribution < -0.4 is 33.7 Å². The van der Waals surface area contributed by atoms with Gasteiger partial charge in [0.05, 0.1) is 11.0 Å². The number of hydrazine groups is 1. The van der Waals surface area contributed by atoms with Crippen molar-refractivity contribution in [1.29, 1.82) is 0 Å². The Bertz CT molecular complexity index is 1220. The summed E-state index contributed by atoms with van der Waals surface area (Å²) in [7, 11) is -4.18. The Balaban J connectivity index is 2.38. The van der Waals surface area contributed by atoms with Crippen LogP contribution in [0, 0.1) is 0 Å². The van der Waals surface area contributed by atoms with E-state index in [2.05, 4.69) is 20.6 Å². The number of amidine groups is 1. The van der Waals surface area contributed by atoms with E-state index in [4.69, 9.17) is 28.2 Å². The summed E-state index contributed by atoms with van der Waals surface area (Å²) in [5, 5.41) is 9.41. The van der Waals surface area contributed by atoms with Crippen LogP contribution in [-0.2, 0) is 16.4 Å². The number of nitrogens with zero attached hydrogens (tertiary/aromatic N) is 2. The van der Waals surface area contributed by atoms with Gasteiger partial charge in [0.2, 0.25) is 10.0 Å². The molecule has 0 aliphatic carbocycles. The highest BCUT2D eigenvalue weighted by Crippen LogP contribution is 2.37. The number of hydrazone groups is 1. The Morgan fingerprint density at radius 2 is 1.94 bits per heavy atom. The standard InChI is InChI=1S/C18H25N9O2S2/c19-7-6-14-24-12-3-1-2-11(16(12)25-14)10-4-5-13(30-9-8-20)17(31(23,28)29)15(10)18(21)26-27-22/h1-5,27H,6-9,19-20,22H2,(H2,21,26)(H,24,25)(H2,23,28,29). The first kappa shape index (κ1) is 23.0. The molecule has 0 aliphatic heterocycles. The van der Waals surface area contributed by atoms with Gasteiger partial charge < -0.3 is 22.2 Å². The van der Waals surface area contributed by atoms with Crippen LogP contribution in [0.5, 0.6) is 0 Å². The first-order chi connectivity index (χ1) is 14.8. The van der Waals surface area contributed by atoms with E-state index in [0.717, 1.165) is 11.3 Å². The second-order valence-corrected chi connectivity index (χ2v) is 9.18. The lowest BCUT2D eigenvalue weighted by molar-refractivity contribution is 0.595. The van der Waals surface area contributed by atoms with Crippen molar-refractivity contribution in [1.82, 2.24) is 15.5 Å². The van der Waals surface area contributed by atoms with E-state index in [1.165, 1.54) is 11.8 Å². The van der Waals surface area contributed by atoms with Crippen molar-refractivity contribution >= 4 is 38.7 Å². The van der Waals surface area contributed by atoms with Gasteiger partial charge in [0.15, 0.2) is 5.84 Å². The Morgan fingerprint density at radius 3 is 2.58 bits per heavy atom. The SMILES string of the molecule is NCCSc1ccc(-c2cccc3[nH]c(CCN)nc23)c(/C(N)=N/NN)c1S(N)(=O)=O. The lowest BCUT2D eigenvalue weighted by atomic mass is 9.97. The van der Waals surface area contributed by atoms with Gasteiger partial charge in [-0.05, 0) is 24.2 Å². The summed E-state index contributed by atoms with van der Waals surface area (Å²) in [5.41, 5.74) is 22.2. The van der Waals surface area contributed by atoms with E-state index in [9.17, 15) is 8.42 Å². The molecule has 11 nitrogen and oxygen atoms in total. The van der Waals surface area contributed by atoms with E-state index in [0.29, 0.717) is 46.8 Å². The number of primary sulfonamides is 1. The minimum absolute atomic E-state index is 0.133. The van der Waals surface area contributed by atoms with Crippen molar-refractivity contribution in [2.45, 2.75) is 16.2 Å². The maximum atomic E-state index is 12.6. The Labute approximate surface area is 183 Å². The van der Waals surface area contributed by atoms with Gasteiger partial charge in [0, 0.05) is 34.7 Å². The molecule has 0 spiro atoms. The highest BCUT2D eigenvalue weighted by atomic mass is 32.2. The maximum Gasteiger partial charge on any atom is 0.239 e. The summed E-state index contributed by atoms with van der Waals surface area (Å²) < 4.78 is 25.2. The van der Waals surface area contributed by atoms with Crippen molar-refractivity contribution in [2.24, 2.45) is 33.3 Å². The molecule has 3 aromatic rings. The smallest absolute Gasteiger partial charge is 0.239 e. The zero-order valence-corrected chi connectivity index (χ0v) is 18.3. The zero-order valence-electron chi connectivity index (χ0n) is 16.6. The third-order valence-corrected chi connectivity index (χ3v) is 6.67. The first-order valence-corrected chi connectivity index (χ1v) is 11.8. The second kappa shape index (κ2) is 9.64. The molecule has 1 aromatic heterocycles. The minimum atomic E-state index is -4.18. The van der Waals surface area contributed by atoms with Crippen LogP contribution in [-0.4, -0.2) is 43.1 Å². The maximum absolute atomic E-state index is 12.6. The lowest BCUT2D eigenvalue weighted by Gasteiger charge is -2.17. The largest absolute Gasteiger partial charge is 0.382 e. The number of hydrogen-bond donors (Lipinski definition) is 7. The summed E-state index contributed by atoms with van der Waals surface area (Å²) in [6, 6.07) is 8.95. The molecule has 0 bridgehead atoms. The number of nitrogens with two attached hydrogens (primary N) is 5. The molecule has 0 aliphatic rings. The van der Waals surface area contributed by atoms with Gasteiger partial charge in [0.25, 0.3) is 0 Å². The van der Waals surface area contributed by atoms with E-state index in [1.54, 1.807) is 12.1 Å². The Kier molecular flexibility index (Phi) is 7.15. The van der Waals surface area contributed by atoms with Crippen molar-refractivity contribution in [3.05, 3.63) is 41.7 Å². The highest BCUT2D eigenvalue weighted by Gasteiger charge is 2.26. The van der Waals surface area contributed by atoms with E-state index in [1.807, 2.05) is 18.2 Å². The molecule has 0 saturated heterocycles. The quantitative estimate of drug-likeness (QED) is 0.0714. The number of aromatic nitrogens is 2. The Hall–Kier alpha value is -2.68. The average molecular weight is 464 g/mol. The summed E-state index contributed by atoms with van der Waals surface area (Å²) in [5.74, 6) is 6.39. The topological polar surface area (TPSA) is 217 Å². The molecule has 3 rings (SSSR count).